The molecule has 2 rings (SSSR count). The van der Waals surface area contributed by atoms with Gasteiger partial charge < -0.3 is 9.88 Å². The van der Waals surface area contributed by atoms with E-state index >= 15 is 0 Å². The van der Waals surface area contributed by atoms with Crippen molar-refractivity contribution < 1.29 is 8.42 Å². The minimum Gasteiger partial charge on any atom is -0.331 e. The molecule has 1 aromatic heterocycles. The van der Waals surface area contributed by atoms with Crippen molar-refractivity contribution in [3.8, 4) is 0 Å². The average molecular weight is 300 g/mol. The fraction of sp³-hybridized carbons (Fsp3) is 0.769. The summed E-state index contributed by atoms with van der Waals surface area (Å²) < 4.78 is 26.9. The number of fused-ring (bicyclic) bond motifs is 1. The van der Waals surface area contributed by atoms with E-state index < -0.39 is 10.0 Å². The van der Waals surface area contributed by atoms with Gasteiger partial charge in [0.05, 0.1) is 11.9 Å². The van der Waals surface area contributed by atoms with Gasteiger partial charge >= 0.3 is 0 Å². The van der Waals surface area contributed by atoms with Gasteiger partial charge in [-0.05, 0) is 6.42 Å². The van der Waals surface area contributed by atoms with Crippen LogP contribution in [0.3, 0.4) is 0 Å². The third-order valence-electron chi connectivity index (χ3n) is 3.46. The minimum absolute atomic E-state index is 0.378. The van der Waals surface area contributed by atoms with Crippen molar-refractivity contribution in [2.75, 3.05) is 19.3 Å². The Morgan fingerprint density at radius 3 is 2.85 bits per heavy atom. The fourth-order valence-electron chi connectivity index (χ4n) is 2.58. The SMILES string of the molecule is CC(C)c1nc2c(n1CCCNS(C)(=O)=O)CCNC2. The van der Waals surface area contributed by atoms with Gasteiger partial charge in [-0.3, -0.25) is 0 Å². The largest absolute Gasteiger partial charge is 0.331 e. The van der Waals surface area contributed by atoms with Gasteiger partial charge in [-0.2, -0.15) is 0 Å². The van der Waals surface area contributed by atoms with Gasteiger partial charge in [0.1, 0.15) is 5.82 Å². The summed E-state index contributed by atoms with van der Waals surface area (Å²) in [7, 11) is -3.09. The monoisotopic (exact) mass is 300 g/mol. The molecule has 2 N–H and O–H groups in total. The van der Waals surface area contributed by atoms with Gasteiger partial charge in [0.15, 0.2) is 0 Å². The van der Waals surface area contributed by atoms with Crippen LogP contribution < -0.4 is 10.0 Å². The molecule has 20 heavy (non-hydrogen) atoms. The second-order valence-electron chi connectivity index (χ2n) is 5.62. The normalized spacial score (nSPS) is 15.6. The highest BCUT2D eigenvalue weighted by Crippen LogP contribution is 2.22. The summed E-state index contributed by atoms with van der Waals surface area (Å²) in [4.78, 5) is 4.74. The molecular weight excluding hydrogens is 276 g/mol. The Bertz CT molecular complexity index is 563. The molecule has 0 spiro atoms. The lowest BCUT2D eigenvalue weighted by molar-refractivity contribution is 0.540. The highest BCUT2D eigenvalue weighted by Gasteiger charge is 2.20. The Hall–Kier alpha value is -0.920. The zero-order valence-corrected chi connectivity index (χ0v) is 13.3. The molecule has 0 saturated carbocycles. The smallest absolute Gasteiger partial charge is 0.208 e. The molecule has 1 aliphatic rings. The van der Waals surface area contributed by atoms with Crippen LogP contribution in [-0.2, 0) is 29.5 Å². The third-order valence-corrected chi connectivity index (χ3v) is 4.18. The molecule has 6 nitrogen and oxygen atoms in total. The first-order chi connectivity index (χ1) is 9.38. The summed E-state index contributed by atoms with van der Waals surface area (Å²) in [5.41, 5.74) is 2.46. The molecule has 0 aliphatic carbocycles. The van der Waals surface area contributed by atoms with Gasteiger partial charge in [-0.1, -0.05) is 13.8 Å². The summed E-state index contributed by atoms with van der Waals surface area (Å²) in [6.45, 7) is 7.40. The van der Waals surface area contributed by atoms with Crippen LogP contribution in [-0.4, -0.2) is 37.3 Å². The van der Waals surface area contributed by atoms with Crippen LogP contribution in [0.4, 0.5) is 0 Å². The molecule has 0 unspecified atom stereocenters. The van der Waals surface area contributed by atoms with Crippen LogP contribution in [0.15, 0.2) is 0 Å². The molecule has 0 saturated heterocycles. The van der Waals surface area contributed by atoms with Crippen molar-refractivity contribution in [1.29, 1.82) is 0 Å². The summed E-state index contributed by atoms with van der Waals surface area (Å²) in [5.74, 6) is 1.49. The molecule has 0 radical (unpaired) electrons. The maximum absolute atomic E-state index is 11.1. The number of rotatable bonds is 6. The number of nitrogens with zero attached hydrogens (tertiary/aromatic N) is 2. The maximum Gasteiger partial charge on any atom is 0.208 e. The van der Waals surface area contributed by atoms with Crippen LogP contribution in [0.5, 0.6) is 0 Å². The molecule has 7 heteroatoms. The first-order valence-electron chi connectivity index (χ1n) is 7.12. The molecule has 2 heterocycles. The Balaban J connectivity index is 2.07. The topological polar surface area (TPSA) is 76.0 Å². The number of hydrogen-bond donors (Lipinski definition) is 2. The summed E-state index contributed by atoms with van der Waals surface area (Å²) in [5, 5.41) is 3.34. The van der Waals surface area contributed by atoms with E-state index in [9.17, 15) is 8.42 Å². The molecule has 0 aromatic carbocycles. The van der Waals surface area contributed by atoms with E-state index in [4.69, 9.17) is 4.98 Å². The second-order valence-corrected chi connectivity index (χ2v) is 7.45. The van der Waals surface area contributed by atoms with Gasteiger partial charge in [0, 0.05) is 44.2 Å². The van der Waals surface area contributed by atoms with Crippen molar-refractivity contribution in [1.82, 2.24) is 19.6 Å². The molecule has 0 amide bonds. The predicted octanol–water partition coefficient (Wildman–Crippen LogP) is 0.592. The third kappa shape index (κ3) is 3.80. The van der Waals surface area contributed by atoms with Crippen LogP contribution in [0, 0.1) is 0 Å². The van der Waals surface area contributed by atoms with Gasteiger partial charge in [0.25, 0.3) is 0 Å². The van der Waals surface area contributed by atoms with Crippen molar-refractivity contribution in [2.24, 2.45) is 0 Å². The van der Waals surface area contributed by atoms with Gasteiger partial charge in [-0.15, -0.1) is 0 Å². The molecule has 1 aliphatic heterocycles. The first-order valence-corrected chi connectivity index (χ1v) is 9.01. The highest BCUT2D eigenvalue weighted by atomic mass is 32.2. The summed E-state index contributed by atoms with van der Waals surface area (Å²) >= 11 is 0. The quantitative estimate of drug-likeness (QED) is 0.754. The lowest BCUT2D eigenvalue weighted by atomic mass is 10.1. The number of imidazole rings is 1. The number of aromatic nitrogens is 2. The first kappa shape index (κ1) is 15.5. The lowest BCUT2D eigenvalue weighted by Crippen LogP contribution is -2.26. The molecule has 0 fully saturated rings. The standard InChI is InChI=1S/C13H24N4O2S/c1-10(2)13-16-11-9-14-7-5-12(11)17(13)8-4-6-15-20(3,18)19/h10,14-15H,4-9H2,1-3H3. The fourth-order valence-corrected chi connectivity index (χ4v) is 3.09. The van der Waals surface area contributed by atoms with E-state index in [-0.39, 0.29) is 0 Å². The minimum atomic E-state index is -3.09. The number of hydrogen-bond acceptors (Lipinski definition) is 4. The average Bonchev–Trinajstić information content (AvgIpc) is 2.72. The van der Waals surface area contributed by atoms with E-state index in [2.05, 4.69) is 28.5 Å². The Morgan fingerprint density at radius 1 is 1.45 bits per heavy atom. The Kier molecular flexibility index (Phi) is 4.82. The van der Waals surface area contributed by atoms with Crippen molar-refractivity contribution in [2.45, 2.75) is 45.7 Å². The second kappa shape index (κ2) is 6.24. The predicted molar refractivity (Wildman–Crippen MR) is 79.2 cm³/mol. The molecule has 0 atom stereocenters. The van der Waals surface area contributed by atoms with E-state index in [1.54, 1.807) is 0 Å². The van der Waals surface area contributed by atoms with Crippen LogP contribution in [0.2, 0.25) is 0 Å². The number of sulfonamides is 1. The highest BCUT2D eigenvalue weighted by molar-refractivity contribution is 7.88. The van der Waals surface area contributed by atoms with Gasteiger partial charge in [-0.25, -0.2) is 18.1 Å². The van der Waals surface area contributed by atoms with Crippen LogP contribution in [0.25, 0.3) is 0 Å². The van der Waals surface area contributed by atoms with E-state index in [0.29, 0.717) is 12.5 Å². The Morgan fingerprint density at radius 2 is 2.20 bits per heavy atom. The summed E-state index contributed by atoms with van der Waals surface area (Å²) in [6, 6.07) is 0. The zero-order chi connectivity index (χ0) is 14.8. The van der Waals surface area contributed by atoms with E-state index in [0.717, 1.165) is 44.0 Å². The molecule has 114 valence electrons. The van der Waals surface area contributed by atoms with Crippen LogP contribution in [0.1, 0.15) is 43.4 Å². The van der Waals surface area contributed by atoms with Gasteiger partial charge in [0.2, 0.25) is 10.0 Å². The van der Waals surface area contributed by atoms with E-state index in [1.807, 2.05) is 0 Å². The lowest BCUT2D eigenvalue weighted by Gasteiger charge is -2.17. The Labute approximate surface area is 121 Å². The van der Waals surface area contributed by atoms with Crippen molar-refractivity contribution in [3.63, 3.8) is 0 Å². The molecule has 1 aromatic rings. The van der Waals surface area contributed by atoms with Crippen molar-refractivity contribution in [3.05, 3.63) is 17.2 Å². The van der Waals surface area contributed by atoms with Crippen LogP contribution >= 0.6 is 0 Å². The summed E-state index contributed by atoms with van der Waals surface area (Å²) in [6.07, 6.45) is 2.97. The number of nitrogens with one attached hydrogen (secondary N) is 2. The maximum atomic E-state index is 11.1. The molecular formula is C13H24N4O2S. The zero-order valence-electron chi connectivity index (χ0n) is 12.4. The molecule has 0 bridgehead atoms. The van der Waals surface area contributed by atoms with E-state index in [1.165, 1.54) is 11.9 Å². The van der Waals surface area contributed by atoms with Crippen molar-refractivity contribution >= 4 is 10.0 Å².